The summed E-state index contributed by atoms with van der Waals surface area (Å²) in [4.78, 5) is 25.6. The summed E-state index contributed by atoms with van der Waals surface area (Å²) >= 11 is 0. The summed E-state index contributed by atoms with van der Waals surface area (Å²) in [6, 6.07) is 22.4. The molecule has 144 valence electrons. The second-order valence-corrected chi connectivity index (χ2v) is 7.21. The molecule has 2 aliphatic rings. The number of hydrogen-bond donors (Lipinski definition) is 0. The lowest BCUT2D eigenvalue weighted by Gasteiger charge is -2.39. The van der Waals surface area contributed by atoms with Crippen LogP contribution in [0.25, 0.3) is 16.3 Å². The van der Waals surface area contributed by atoms with E-state index in [1.807, 2.05) is 72.8 Å². The number of amides is 1. The van der Waals surface area contributed by atoms with E-state index in [1.54, 1.807) is 0 Å². The second kappa shape index (κ2) is 6.74. The van der Waals surface area contributed by atoms with Crippen LogP contribution in [0.1, 0.15) is 17.0 Å². The maximum absolute atomic E-state index is 12.3. The van der Waals surface area contributed by atoms with Gasteiger partial charge in [-0.2, -0.15) is 0 Å². The number of fused-ring (bicyclic) bond motifs is 1. The van der Waals surface area contributed by atoms with E-state index in [9.17, 15) is 14.9 Å². The third kappa shape index (κ3) is 2.68. The van der Waals surface area contributed by atoms with Crippen LogP contribution in [0.3, 0.4) is 0 Å². The molecule has 0 N–H and O–H groups in total. The Hall–Kier alpha value is -3.67. The van der Waals surface area contributed by atoms with Crippen molar-refractivity contribution in [3.63, 3.8) is 0 Å². The van der Waals surface area contributed by atoms with Crippen molar-refractivity contribution >= 4 is 22.4 Å². The summed E-state index contributed by atoms with van der Waals surface area (Å²) < 4.78 is 5.08. The number of cyclic esters (lactones) is 1. The Morgan fingerprint density at radius 3 is 2.41 bits per heavy atom. The molecule has 2 atom stereocenters. The van der Waals surface area contributed by atoms with Gasteiger partial charge >= 0.3 is 6.09 Å². The van der Waals surface area contributed by atoms with E-state index in [0.29, 0.717) is 12.2 Å². The smallest absolute Gasteiger partial charge is 0.414 e. The summed E-state index contributed by atoms with van der Waals surface area (Å²) in [5, 5.41) is 14.2. The van der Waals surface area contributed by atoms with Gasteiger partial charge in [0.15, 0.2) is 0 Å². The molecule has 0 aromatic heterocycles. The molecule has 1 heterocycles. The van der Waals surface area contributed by atoms with Crippen molar-refractivity contribution in [2.75, 3.05) is 13.2 Å². The Labute approximate surface area is 167 Å². The fourth-order valence-corrected chi connectivity index (χ4v) is 4.47. The SMILES string of the molecule is O=C1OCCN1C1=C(c2ccccc2)[C@@H](c2cccc3ccccc23)[C@@H]1[N+](=O)[O-]. The Kier molecular flexibility index (Phi) is 4.05. The number of hydrogen-bond acceptors (Lipinski definition) is 4. The van der Waals surface area contributed by atoms with Gasteiger partial charge in [0, 0.05) is 10.5 Å². The Balaban J connectivity index is 1.76. The van der Waals surface area contributed by atoms with Gasteiger partial charge < -0.3 is 4.74 Å². The Morgan fingerprint density at radius 1 is 0.966 bits per heavy atom. The van der Waals surface area contributed by atoms with Gasteiger partial charge in [0.2, 0.25) is 0 Å². The fraction of sp³-hybridized carbons (Fsp3) is 0.174. The molecule has 6 heteroatoms. The normalized spacial score (nSPS) is 21.2. The summed E-state index contributed by atoms with van der Waals surface area (Å²) in [6.45, 7) is 0.574. The third-order valence-electron chi connectivity index (χ3n) is 5.70. The van der Waals surface area contributed by atoms with Gasteiger partial charge in [0.25, 0.3) is 6.04 Å². The molecule has 1 aliphatic carbocycles. The second-order valence-electron chi connectivity index (χ2n) is 7.21. The topological polar surface area (TPSA) is 72.7 Å². The number of benzene rings is 3. The van der Waals surface area contributed by atoms with E-state index in [-0.39, 0.29) is 11.5 Å². The molecule has 29 heavy (non-hydrogen) atoms. The minimum Gasteiger partial charge on any atom is -0.447 e. The molecule has 0 spiro atoms. The van der Waals surface area contributed by atoms with Gasteiger partial charge in [0.1, 0.15) is 12.3 Å². The predicted molar refractivity (Wildman–Crippen MR) is 109 cm³/mol. The van der Waals surface area contributed by atoms with Crippen molar-refractivity contribution in [1.29, 1.82) is 0 Å². The van der Waals surface area contributed by atoms with Crippen LogP contribution in [0.5, 0.6) is 0 Å². The highest BCUT2D eigenvalue weighted by Crippen LogP contribution is 2.52. The summed E-state index contributed by atoms with van der Waals surface area (Å²) in [5.41, 5.74) is 3.06. The zero-order valence-corrected chi connectivity index (χ0v) is 15.5. The van der Waals surface area contributed by atoms with Gasteiger partial charge in [0.05, 0.1) is 12.5 Å². The molecule has 5 rings (SSSR count). The highest BCUT2D eigenvalue weighted by molar-refractivity contribution is 5.93. The van der Waals surface area contributed by atoms with Crippen LogP contribution in [0, 0.1) is 10.1 Å². The van der Waals surface area contributed by atoms with Gasteiger partial charge in [-0.15, -0.1) is 0 Å². The van der Waals surface area contributed by atoms with Crippen molar-refractivity contribution in [3.8, 4) is 0 Å². The van der Waals surface area contributed by atoms with Crippen LogP contribution in [0.15, 0.2) is 78.5 Å². The molecule has 3 aromatic carbocycles. The lowest BCUT2D eigenvalue weighted by molar-refractivity contribution is -0.519. The Bertz CT molecular complexity index is 1150. The molecule has 0 saturated carbocycles. The quantitative estimate of drug-likeness (QED) is 0.491. The number of nitrogens with zero attached hydrogens (tertiary/aromatic N) is 2. The van der Waals surface area contributed by atoms with Crippen LogP contribution >= 0.6 is 0 Å². The molecule has 0 radical (unpaired) electrons. The third-order valence-corrected chi connectivity index (χ3v) is 5.70. The number of carbonyl (C=O) groups excluding carboxylic acids is 1. The minimum absolute atomic E-state index is 0.244. The number of ether oxygens (including phenoxy) is 1. The minimum atomic E-state index is -0.998. The van der Waals surface area contributed by atoms with Crippen molar-refractivity contribution in [2.24, 2.45) is 0 Å². The first-order valence-electron chi connectivity index (χ1n) is 9.52. The van der Waals surface area contributed by atoms with Crippen LogP contribution in [-0.2, 0) is 4.74 Å². The zero-order chi connectivity index (χ0) is 20.0. The van der Waals surface area contributed by atoms with Gasteiger partial charge in [-0.05, 0) is 21.9 Å². The molecular weight excluding hydrogens is 368 g/mol. The molecule has 1 saturated heterocycles. The average Bonchev–Trinajstić information content (AvgIpc) is 3.13. The molecular formula is C23H18N2O4. The van der Waals surface area contributed by atoms with E-state index < -0.39 is 18.1 Å². The first-order valence-corrected chi connectivity index (χ1v) is 9.52. The van der Waals surface area contributed by atoms with Gasteiger partial charge in [-0.1, -0.05) is 72.8 Å². The molecule has 6 nitrogen and oxygen atoms in total. The zero-order valence-electron chi connectivity index (χ0n) is 15.5. The first-order chi connectivity index (χ1) is 14.2. The molecule has 1 fully saturated rings. The van der Waals surface area contributed by atoms with E-state index in [2.05, 4.69) is 0 Å². The van der Waals surface area contributed by atoms with Crippen molar-refractivity contribution in [2.45, 2.75) is 12.0 Å². The lowest BCUT2D eigenvalue weighted by Crippen LogP contribution is -2.47. The maximum Gasteiger partial charge on any atom is 0.414 e. The first kappa shape index (κ1) is 17.4. The van der Waals surface area contributed by atoms with Gasteiger partial charge in [-0.25, -0.2) is 4.79 Å². The number of carbonyl (C=O) groups is 1. The van der Waals surface area contributed by atoms with Crippen LogP contribution in [-0.4, -0.2) is 35.1 Å². The van der Waals surface area contributed by atoms with Crippen molar-refractivity contribution in [3.05, 3.63) is 99.7 Å². The molecule has 1 amide bonds. The average molecular weight is 386 g/mol. The molecule has 0 bridgehead atoms. The predicted octanol–water partition coefficient (Wildman–Crippen LogP) is 4.45. The number of rotatable bonds is 4. The van der Waals surface area contributed by atoms with E-state index in [1.165, 1.54) is 4.90 Å². The van der Waals surface area contributed by atoms with Crippen LogP contribution in [0.4, 0.5) is 4.79 Å². The van der Waals surface area contributed by atoms with E-state index in [0.717, 1.165) is 27.5 Å². The molecule has 0 unspecified atom stereocenters. The fourth-order valence-electron chi connectivity index (χ4n) is 4.47. The van der Waals surface area contributed by atoms with Crippen molar-refractivity contribution < 1.29 is 14.5 Å². The maximum atomic E-state index is 12.3. The monoisotopic (exact) mass is 386 g/mol. The van der Waals surface area contributed by atoms with Crippen molar-refractivity contribution in [1.82, 2.24) is 4.90 Å². The molecule has 3 aromatic rings. The highest BCUT2D eigenvalue weighted by Gasteiger charge is 2.55. The van der Waals surface area contributed by atoms with Crippen LogP contribution in [0.2, 0.25) is 0 Å². The van der Waals surface area contributed by atoms with Gasteiger partial charge in [-0.3, -0.25) is 15.0 Å². The summed E-state index contributed by atoms with van der Waals surface area (Å²) in [7, 11) is 0. The highest BCUT2D eigenvalue weighted by atomic mass is 16.6. The standard InChI is InChI=1S/C23H18N2O4/c26-23-24(13-14-29-23)21-19(16-8-2-1-3-9-16)20(22(21)25(27)28)18-12-6-10-15-7-4-5-11-17(15)18/h1-12,20,22H,13-14H2/t20-,22+/m1/s1. The lowest BCUT2D eigenvalue weighted by atomic mass is 9.68. The summed E-state index contributed by atoms with van der Waals surface area (Å²) in [5.74, 6) is -0.443. The van der Waals surface area contributed by atoms with E-state index >= 15 is 0 Å². The summed E-state index contributed by atoms with van der Waals surface area (Å²) in [6.07, 6.45) is -0.517. The van der Waals surface area contributed by atoms with Crippen LogP contribution < -0.4 is 0 Å². The molecule has 1 aliphatic heterocycles. The Morgan fingerprint density at radius 2 is 1.69 bits per heavy atom. The van der Waals surface area contributed by atoms with E-state index in [4.69, 9.17) is 4.74 Å². The largest absolute Gasteiger partial charge is 0.447 e. The number of nitro groups is 1.